The van der Waals surface area contributed by atoms with Crippen molar-refractivity contribution >= 4 is 17.5 Å². The number of nitrogens with zero attached hydrogens (tertiary/aromatic N) is 3. The van der Waals surface area contributed by atoms with Gasteiger partial charge in [-0.3, -0.25) is 9.69 Å². The van der Waals surface area contributed by atoms with Crippen molar-refractivity contribution in [3.05, 3.63) is 34.9 Å². The van der Waals surface area contributed by atoms with Gasteiger partial charge in [0.15, 0.2) is 0 Å². The Morgan fingerprint density at radius 1 is 1.24 bits per heavy atom. The molecule has 2 saturated heterocycles. The fraction of sp³-hybridized carbons (Fsp3) is 0.632. The predicted octanol–water partition coefficient (Wildman–Crippen LogP) is 1.79. The van der Waals surface area contributed by atoms with Crippen LogP contribution in [0.1, 0.15) is 24.8 Å². The van der Waals surface area contributed by atoms with Crippen LogP contribution in [0.4, 0.5) is 0 Å². The summed E-state index contributed by atoms with van der Waals surface area (Å²) in [4.78, 5) is 19.0. The number of likely N-dealkylation sites (tertiary alicyclic amines) is 2. The minimum Gasteiger partial charge on any atom is -0.385 e. The Bertz CT molecular complexity index is 597. The highest BCUT2D eigenvalue weighted by Crippen LogP contribution is 2.33. The van der Waals surface area contributed by atoms with Gasteiger partial charge in [-0.25, -0.2) is 0 Å². The van der Waals surface area contributed by atoms with Gasteiger partial charge in [0, 0.05) is 37.2 Å². The second-order valence-corrected chi connectivity index (χ2v) is 8.00. The summed E-state index contributed by atoms with van der Waals surface area (Å²) in [5.41, 5.74) is 0.0303. The van der Waals surface area contributed by atoms with Crippen LogP contribution in [0.25, 0.3) is 0 Å². The minimum atomic E-state index is -0.856. The summed E-state index contributed by atoms with van der Waals surface area (Å²) >= 11 is 5.93. The van der Waals surface area contributed by atoms with Gasteiger partial charge in [-0.2, -0.15) is 0 Å². The average molecular weight is 366 g/mol. The van der Waals surface area contributed by atoms with E-state index in [0.29, 0.717) is 43.5 Å². The van der Waals surface area contributed by atoms with Gasteiger partial charge >= 0.3 is 0 Å². The molecule has 0 unspecified atom stereocenters. The lowest BCUT2D eigenvalue weighted by Crippen LogP contribution is -2.48. The standard InChI is InChI=1S/C19H28ClN3O2/c1-21(2)17-7-10-22(13-17)14-18(24)23-11-8-19(25,9-12-23)15-3-5-16(20)6-4-15/h3-6,17,25H,7-14H2,1-2H3/t17-/m0/s1. The minimum absolute atomic E-state index is 0.178. The molecular formula is C19H28ClN3O2. The third-order valence-electron chi connectivity index (χ3n) is 5.66. The SMILES string of the molecule is CN(C)[C@H]1CCN(CC(=O)N2CCC(O)(c3ccc(Cl)cc3)CC2)C1. The first-order valence-electron chi connectivity index (χ1n) is 9.02. The van der Waals surface area contributed by atoms with Crippen LogP contribution in [-0.4, -0.2) is 78.6 Å². The molecule has 1 N–H and O–H groups in total. The van der Waals surface area contributed by atoms with Crippen molar-refractivity contribution < 1.29 is 9.90 Å². The van der Waals surface area contributed by atoms with E-state index in [1.165, 1.54) is 0 Å². The highest BCUT2D eigenvalue weighted by molar-refractivity contribution is 6.30. The fourth-order valence-corrected chi connectivity index (χ4v) is 3.97. The Balaban J connectivity index is 1.52. The topological polar surface area (TPSA) is 47.0 Å². The third kappa shape index (κ3) is 4.34. The van der Waals surface area contributed by atoms with Crippen LogP contribution in [0, 0.1) is 0 Å². The van der Waals surface area contributed by atoms with Gasteiger partial charge in [0.2, 0.25) is 5.91 Å². The van der Waals surface area contributed by atoms with Crippen LogP contribution in [0.15, 0.2) is 24.3 Å². The van der Waals surface area contributed by atoms with Gasteiger partial charge in [0.25, 0.3) is 0 Å². The second-order valence-electron chi connectivity index (χ2n) is 7.56. The molecule has 2 aliphatic rings. The third-order valence-corrected chi connectivity index (χ3v) is 5.91. The van der Waals surface area contributed by atoms with E-state index in [9.17, 15) is 9.90 Å². The molecule has 0 aliphatic carbocycles. The molecule has 2 heterocycles. The van der Waals surface area contributed by atoms with E-state index in [1.54, 1.807) is 12.1 Å². The normalized spacial score (nSPS) is 24.0. The molecule has 0 spiro atoms. The predicted molar refractivity (Wildman–Crippen MR) is 99.7 cm³/mol. The fourth-order valence-electron chi connectivity index (χ4n) is 3.84. The van der Waals surface area contributed by atoms with Crippen molar-refractivity contribution in [3.63, 3.8) is 0 Å². The Morgan fingerprint density at radius 3 is 2.44 bits per heavy atom. The molecule has 2 fully saturated rings. The molecule has 2 aliphatic heterocycles. The molecule has 25 heavy (non-hydrogen) atoms. The zero-order valence-electron chi connectivity index (χ0n) is 15.1. The van der Waals surface area contributed by atoms with E-state index in [-0.39, 0.29) is 5.91 Å². The Hall–Kier alpha value is -1.14. The molecule has 0 bridgehead atoms. The van der Waals surface area contributed by atoms with Crippen LogP contribution in [-0.2, 0) is 10.4 Å². The molecule has 6 heteroatoms. The van der Waals surface area contributed by atoms with E-state index in [1.807, 2.05) is 17.0 Å². The summed E-state index contributed by atoms with van der Waals surface area (Å²) in [6.45, 7) is 3.63. The van der Waals surface area contributed by atoms with E-state index in [0.717, 1.165) is 25.1 Å². The lowest BCUT2D eigenvalue weighted by atomic mass is 9.84. The Morgan fingerprint density at radius 2 is 1.88 bits per heavy atom. The lowest BCUT2D eigenvalue weighted by molar-refractivity contribution is -0.136. The summed E-state index contributed by atoms with van der Waals surface area (Å²) in [5.74, 6) is 0.178. The number of carbonyl (C=O) groups is 1. The highest BCUT2D eigenvalue weighted by atomic mass is 35.5. The molecule has 0 aromatic heterocycles. The smallest absolute Gasteiger partial charge is 0.236 e. The Labute approximate surface area is 155 Å². The molecule has 138 valence electrons. The average Bonchev–Trinajstić information content (AvgIpc) is 3.04. The van der Waals surface area contributed by atoms with Crippen LogP contribution < -0.4 is 0 Å². The zero-order valence-corrected chi connectivity index (χ0v) is 15.9. The first-order valence-corrected chi connectivity index (χ1v) is 9.40. The summed E-state index contributed by atoms with van der Waals surface area (Å²) < 4.78 is 0. The first-order chi connectivity index (χ1) is 11.9. The number of halogens is 1. The number of hydrogen-bond acceptors (Lipinski definition) is 4. The van der Waals surface area contributed by atoms with E-state index in [2.05, 4.69) is 23.9 Å². The first kappa shape index (κ1) is 18.6. The molecule has 3 rings (SSSR count). The highest BCUT2D eigenvalue weighted by Gasteiger charge is 2.36. The van der Waals surface area contributed by atoms with Gasteiger partial charge in [-0.1, -0.05) is 23.7 Å². The lowest BCUT2D eigenvalue weighted by Gasteiger charge is -2.39. The molecule has 1 aromatic rings. The Kier molecular flexibility index (Phi) is 5.68. The maximum atomic E-state index is 12.6. The second kappa shape index (κ2) is 7.62. The zero-order chi connectivity index (χ0) is 18.0. The van der Waals surface area contributed by atoms with E-state index in [4.69, 9.17) is 11.6 Å². The summed E-state index contributed by atoms with van der Waals surface area (Å²) in [5, 5.41) is 11.6. The number of carbonyl (C=O) groups excluding carboxylic acids is 1. The largest absolute Gasteiger partial charge is 0.385 e. The van der Waals surface area contributed by atoms with Gasteiger partial charge in [0.05, 0.1) is 12.1 Å². The maximum Gasteiger partial charge on any atom is 0.236 e. The summed E-state index contributed by atoms with van der Waals surface area (Å²) in [7, 11) is 4.19. The molecule has 0 radical (unpaired) electrons. The number of benzene rings is 1. The van der Waals surface area contributed by atoms with Crippen molar-refractivity contribution in [1.82, 2.24) is 14.7 Å². The van der Waals surface area contributed by atoms with Gasteiger partial charge in [-0.05, 0) is 51.1 Å². The number of rotatable bonds is 4. The van der Waals surface area contributed by atoms with Crippen molar-refractivity contribution in [1.29, 1.82) is 0 Å². The summed E-state index contributed by atoms with van der Waals surface area (Å²) in [6, 6.07) is 7.92. The quantitative estimate of drug-likeness (QED) is 0.883. The van der Waals surface area contributed by atoms with Crippen LogP contribution >= 0.6 is 11.6 Å². The number of likely N-dealkylation sites (N-methyl/N-ethyl adjacent to an activating group) is 1. The van der Waals surface area contributed by atoms with Crippen molar-refractivity contribution in [2.24, 2.45) is 0 Å². The van der Waals surface area contributed by atoms with Crippen molar-refractivity contribution in [3.8, 4) is 0 Å². The number of hydrogen-bond donors (Lipinski definition) is 1. The van der Waals surface area contributed by atoms with E-state index >= 15 is 0 Å². The molecule has 1 amide bonds. The van der Waals surface area contributed by atoms with Crippen LogP contribution in [0.2, 0.25) is 5.02 Å². The van der Waals surface area contributed by atoms with Gasteiger partial charge in [-0.15, -0.1) is 0 Å². The number of amides is 1. The van der Waals surface area contributed by atoms with Gasteiger partial charge < -0.3 is 14.9 Å². The molecular weight excluding hydrogens is 338 g/mol. The monoisotopic (exact) mass is 365 g/mol. The maximum absolute atomic E-state index is 12.6. The van der Waals surface area contributed by atoms with Crippen molar-refractivity contribution in [2.45, 2.75) is 30.9 Å². The number of piperidine rings is 1. The molecule has 1 aromatic carbocycles. The summed E-state index contributed by atoms with van der Waals surface area (Å²) in [6.07, 6.45) is 2.26. The molecule has 5 nitrogen and oxygen atoms in total. The molecule has 1 atom stereocenters. The van der Waals surface area contributed by atoms with Crippen molar-refractivity contribution in [2.75, 3.05) is 46.8 Å². The van der Waals surface area contributed by atoms with Crippen LogP contribution in [0.3, 0.4) is 0 Å². The van der Waals surface area contributed by atoms with Crippen LogP contribution in [0.5, 0.6) is 0 Å². The van der Waals surface area contributed by atoms with E-state index < -0.39 is 5.60 Å². The number of aliphatic hydroxyl groups is 1. The van der Waals surface area contributed by atoms with Gasteiger partial charge in [0.1, 0.15) is 0 Å². The molecule has 0 saturated carbocycles.